The van der Waals surface area contributed by atoms with Crippen LogP contribution in [0, 0.1) is 11.6 Å². The molecule has 0 spiro atoms. The molecule has 0 aliphatic heterocycles. The summed E-state index contributed by atoms with van der Waals surface area (Å²) in [6.45, 7) is 2.03. The molecule has 0 saturated carbocycles. The predicted octanol–water partition coefficient (Wildman–Crippen LogP) is 4.43. The summed E-state index contributed by atoms with van der Waals surface area (Å²) in [5.41, 5.74) is 1.32. The van der Waals surface area contributed by atoms with Crippen LogP contribution in [0.1, 0.15) is 33.2 Å². The van der Waals surface area contributed by atoms with Crippen molar-refractivity contribution in [3.8, 4) is 0 Å². The van der Waals surface area contributed by atoms with E-state index < -0.39 is 29.1 Å². The van der Waals surface area contributed by atoms with Crippen LogP contribution in [0.4, 0.5) is 20.2 Å². The first kappa shape index (κ1) is 19.2. The highest BCUT2D eigenvalue weighted by Gasteiger charge is 2.15. The highest BCUT2D eigenvalue weighted by molar-refractivity contribution is 6.08. The molecule has 1 heterocycles. The maximum Gasteiger partial charge on any atom is 0.257 e. The highest BCUT2D eigenvalue weighted by atomic mass is 19.1. The third kappa shape index (κ3) is 4.37. The van der Waals surface area contributed by atoms with Crippen LogP contribution in [0.25, 0.3) is 0 Å². The van der Waals surface area contributed by atoms with E-state index in [1.54, 1.807) is 12.1 Å². The summed E-state index contributed by atoms with van der Waals surface area (Å²) >= 11 is 0. The van der Waals surface area contributed by atoms with Gasteiger partial charge in [-0.05, 0) is 42.3 Å². The fourth-order valence-electron chi connectivity index (χ4n) is 2.52. The molecule has 3 aromatic rings. The molecule has 0 bridgehead atoms. The SMILES string of the molecule is CCc1ccc(NC(=O)c2cncc(C(=O)Nc3c(F)cccc3F)c2)cc1. The van der Waals surface area contributed by atoms with E-state index in [0.717, 1.165) is 24.1 Å². The van der Waals surface area contributed by atoms with Crippen molar-refractivity contribution >= 4 is 23.2 Å². The van der Waals surface area contributed by atoms with Crippen LogP contribution in [0.5, 0.6) is 0 Å². The Labute approximate surface area is 160 Å². The number of halogens is 2. The van der Waals surface area contributed by atoms with Crippen LogP contribution in [0.15, 0.2) is 60.9 Å². The first-order chi connectivity index (χ1) is 13.5. The van der Waals surface area contributed by atoms with Crippen molar-refractivity contribution in [2.45, 2.75) is 13.3 Å². The number of para-hydroxylation sites is 1. The summed E-state index contributed by atoms with van der Waals surface area (Å²) in [6, 6.07) is 11.9. The zero-order chi connectivity index (χ0) is 20.1. The minimum absolute atomic E-state index is 0.00312. The maximum atomic E-state index is 13.7. The number of carbonyl (C=O) groups is 2. The number of carbonyl (C=O) groups excluding carboxylic acids is 2. The lowest BCUT2D eigenvalue weighted by molar-refractivity contribution is 0.102. The quantitative estimate of drug-likeness (QED) is 0.687. The number of hydrogen-bond acceptors (Lipinski definition) is 3. The molecule has 0 radical (unpaired) electrons. The van der Waals surface area contributed by atoms with E-state index in [2.05, 4.69) is 15.6 Å². The fraction of sp³-hybridized carbons (Fsp3) is 0.0952. The summed E-state index contributed by atoms with van der Waals surface area (Å²) in [5, 5.41) is 4.88. The lowest BCUT2D eigenvalue weighted by Gasteiger charge is -2.09. The van der Waals surface area contributed by atoms with Gasteiger partial charge in [0.1, 0.15) is 17.3 Å². The summed E-state index contributed by atoms with van der Waals surface area (Å²) in [5.74, 6) is -3.03. The minimum atomic E-state index is -0.897. The molecule has 0 saturated heterocycles. The van der Waals surface area contributed by atoms with Gasteiger partial charge in [0.2, 0.25) is 0 Å². The van der Waals surface area contributed by atoms with E-state index in [9.17, 15) is 18.4 Å². The molecule has 0 fully saturated rings. The number of hydrogen-bond donors (Lipinski definition) is 2. The molecule has 142 valence electrons. The summed E-state index contributed by atoms with van der Waals surface area (Å²) < 4.78 is 27.4. The van der Waals surface area contributed by atoms with Gasteiger partial charge >= 0.3 is 0 Å². The van der Waals surface area contributed by atoms with E-state index in [0.29, 0.717) is 5.69 Å². The van der Waals surface area contributed by atoms with Crippen LogP contribution in [0.2, 0.25) is 0 Å². The number of nitrogens with one attached hydrogen (secondary N) is 2. The Morgan fingerprint density at radius 1 is 0.893 bits per heavy atom. The number of rotatable bonds is 5. The Morgan fingerprint density at radius 2 is 1.46 bits per heavy atom. The number of benzene rings is 2. The molecule has 2 aromatic carbocycles. The summed E-state index contributed by atoms with van der Waals surface area (Å²) in [4.78, 5) is 28.6. The summed E-state index contributed by atoms with van der Waals surface area (Å²) in [7, 11) is 0. The lowest BCUT2D eigenvalue weighted by atomic mass is 10.1. The zero-order valence-electron chi connectivity index (χ0n) is 15.0. The first-order valence-corrected chi connectivity index (χ1v) is 8.58. The van der Waals surface area contributed by atoms with Crippen molar-refractivity contribution in [1.29, 1.82) is 0 Å². The van der Waals surface area contributed by atoms with Crippen molar-refractivity contribution in [3.05, 3.63) is 89.2 Å². The fourth-order valence-corrected chi connectivity index (χ4v) is 2.52. The van der Waals surface area contributed by atoms with Crippen LogP contribution in [0.3, 0.4) is 0 Å². The van der Waals surface area contributed by atoms with Crippen molar-refractivity contribution in [3.63, 3.8) is 0 Å². The van der Waals surface area contributed by atoms with Crippen molar-refractivity contribution in [2.75, 3.05) is 10.6 Å². The Hall–Kier alpha value is -3.61. The Morgan fingerprint density at radius 3 is 2.04 bits per heavy atom. The number of pyridine rings is 1. The van der Waals surface area contributed by atoms with Gasteiger partial charge in [0, 0.05) is 18.1 Å². The van der Waals surface area contributed by atoms with Gasteiger partial charge in [0.15, 0.2) is 0 Å². The maximum absolute atomic E-state index is 13.7. The molecule has 0 unspecified atom stereocenters. The van der Waals surface area contributed by atoms with Gasteiger partial charge < -0.3 is 10.6 Å². The molecule has 0 aliphatic carbocycles. The van der Waals surface area contributed by atoms with Crippen molar-refractivity contribution in [1.82, 2.24) is 4.98 Å². The number of amides is 2. The third-order valence-corrected chi connectivity index (χ3v) is 4.08. The van der Waals surface area contributed by atoms with Crippen LogP contribution in [-0.2, 0) is 6.42 Å². The van der Waals surface area contributed by atoms with Gasteiger partial charge in [-0.25, -0.2) is 8.78 Å². The molecule has 5 nitrogen and oxygen atoms in total. The van der Waals surface area contributed by atoms with E-state index in [1.165, 1.54) is 24.5 Å². The minimum Gasteiger partial charge on any atom is -0.322 e. The van der Waals surface area contributed by atoms with Crippen LogP contribution >= 0.6 is 0 Å². The number of anilines is 2. The average molecular weight is 381 g/mol. The van der Waals surface area contributed by atoms with Crippen molar-refractivity contribution < 1.29 is 18.4 Å². The lowest BCUT2D eigenvalue weighted by Crippen LogP contribution is -2.17. The molecule has 2 N–H and O–H groups in total. The zero-order valence-corrected chi connectivity index (χ0v) is 15.0. The molecule has 3 rings (SSSR count). The van der Waals surface area contributed by atoms with Gasteiger partial charge in [-0.15, -0.1) is 0 Å². The smallest absolute Gasteiger partial charge is 0.257 e. The first-order valence-electron chi connectivity index (χ1n) is 8.58. The second-order valence-corrected chi connectivity index (χ2v) is 6.02. The van der Waals surface area contributed by atoms with E-state index in [1.807, 2.05) is 19.1 Å². The van der Waals surface area contributed by atoms with E-state index in [4.69, 9.17) is 0 Å². The van der Waals surface area contributed by atoms with Crippen LogP contribution in [-0.4, -0.2) is 16.8 Å². The van der Waals surface area contributed by atoms with Gasteiger partial charge in [0.25, 0.3) is 11.8 Å². The van der Waals surface area contributed by atoms with Gasteiger partial charge in [-0.1, -0.05) is 25.1 Å². The average Bonchev–Trinajstić information content (AvgIpc) is 2.71. The standard InChI is InChI=1S/C21H17F2N3O2/c1-2-13-6-8-16(9-7-13)25-20(27)14-10-15(12-24-11-14)21(28)26-19-17(22)4-3-5-18(19)23/h3-12H,2H2,1H3,(H,25,27)(H,26,28). The normalized spacial score (nSPS) is 10.4. The Bertz CT molecular complexity index is 1000. The largest absolute Gasteiger partial charge is 0.322 e. The highest BCUT2D eigenvalue weighted by Crippen LogP contribution is 2.19. The summed E-state index contributed by atoms with van der Waals surface area (Å²) in [6.07, 6.45) is 3.40. The predicted molar refractivity (Wildman–Crippen MR) is 102 cm³/mol. The second-order valence-electron chi connectivity index (χ2n) is 6.02. The van der Waals surface area contributed by atoms with Crippen LogP contribution < -0.4 is 10.6 Å². The second kappa shape index (κ2) is 8.39. The molecular weight excluding hydrogens is 364 g/mol. The third-order valence-electron chi connectivity index (χ3n) is 4.08. The molecule has 1 aromatic heterocycles. The molecule has 0 aliphatic rings. The molecule has 0 atom stereocenters. The van der Waals surface area contributed by atoms with Gasteiger partial charge in [0.05, 0.1) is 11.1 Å². The van der Waals surface area contributed by atoms with Gasteiger partial charge in [-0.2, -0.15) is 0 Å². The molecule has 28 heavy (non-hydrogen) atoms. The molecular formula is C21H17F2N3O2. The van der Waals surface area contributed by atoms with Crippen molar-refractivity contribution in [2.24, 2.45) is 0 Å². The topological polar surface area (TPSA) is 71.1 Å². The molecule has 7 heteroatoms. The number of nitrogens with zero attached hydrogens (tertiary/aromatic N) is 1. The number of aromatic nitrogens is 1. The van der Waals surface area contributed by atoms with E-state index in [-0.39, 0.29) is 11.1 Å². The number of aryl methyl sites for hydroxylation is 1. The Balaban J connectivity index is 1.75. The Kier molecular flexibility index (Phi) is 5.74. The van der Waals surface area contributed by atoms with E-state index >= 15 is 0 Å². The monoisotopic (exact) mass is 381 g/mol. The molecule has 2 amide bonds. The van der Waals surface area contributed by atoms with Gasteiger partial charge in [-0.3, -0.25) is 14.6 Å².